The van der Waals surface area contributed by atoms with Crippen molar-refractivity contribution >= 4 is 17.8 Å². The van der Waals surface area contributed by atoms with Crippen LogP contribution in [0.15, 0.2) is 0 Å². The fraction of sp³-hybridized carbons (Fsp3) is 0.824. The Balaban J connectivity index is 1.89. The van der Waals surface area contributed by atoms with Crippen LogP contribution in [0.5, 0.6) is 0 Å². The minimum Gasteiger partial charge on any atom is -0.352 e. The normalized spacial score (nSPS) is 31.4. The van der Waals surface area contributed by atoms with Gasteiger partial charge in [0, 0.05) is 6.04 Å². The van der Waals surface area contributed by atoms with Crippen molar-refractivity contribution in [3.8, 4) is 0 Å². The first-order valence-corrected chi connectivity index (χ1v) is 8.70. The van der Waals surface area contributed by atoms with Crippen LogP contribution in [-0.2, 0) is 9.59 Å². The number of hydrogen-bond donors (Lipinski definition) is 2. The summed E-state index contributed by atoms with van der Waals surface area (Å²) < 4.78 is 0. The number of hydrogen-bond acceptors (Lipinski definition) is 3. The molecule has 1 aliphatic carbocycles. The van der Waals surface area contributed by atoms with E-state index in [1.807, 2.05) is 13.8 Å². The van der Waals surface area contributed by atoms with Crippen LogP contribution in [0.3, 0.4) is 0 Å². The van der Waals surface area contributed by atoms with Gasteiger partial charge in [-0.3, -0.25) is 14.5 Å². The molecule has 23 heavy (non-hydrogen) atoms. The number of carbonyl (C=O) groups excluding carboxylic acids is 3. The Labute approximate surface area is 138 Å². The van der Waals surface area contributed by atoms with E-state index in [4.69, 9.17) is 0 Å². The zero-order valence-corrected chi connectivity index (χ0v) is 14.6. The molecule has 6 nitrogen and oxygen atoms in total. The van der Waals surface area contributed by atoms with Gasteiger partial charge < -0.3 is 10.6 Å². The van der Waals surface area contributed by atoms with Crippen LogP contribution in [0.1, 0.15) is 53.4 Å². The van der Waals surface area contributed by atoms with Gasteiger partial charge in [0.25, 0.3) is 5.91 Å². The number of nitrogens with one attached hydrogen (secondary N) is 2. The third kappa shape index (κ3) is 4.24. The monoisotopic (exact) mass is 323 g/mol. The molecule has 4 atom stereocenters. The smallest absolute Gasteiger partial charge is 0.325 e. The van der Waals surface area contributed by atoms with Crippen molar-refractivity contribution in [3.05, 3.63) is 0 Å². The predicted octanol–water partition coefficient (Wildman–Crippen LogP) is 1.89. The summed E-state index contributed by atoms with van der Waals surface area (Å²) >= 11 is 0. The topological polar surface area (TPSA) is 78.5 Å². The lowest BCUT2D eigenvalue weighted by Gasteiger charge is -2.34. The number of nitrogens with zero attached hydrogens (tertiary/aromatic N) is 1. The van der Waals surface area contributed by atoms with E-state index >= 15 is 0 Å². The molecule has 0 unspecified atom stereocenters. The van der Waals surface area contributed by atoms with Crippen molar-refractivity contribution in [1.29, 1.82) is 0 Å². The van der Waals surface area contributed by atoms with E-state index < -0.39 is 12.1 Å². The van der Waals surface area contributed by atoms with Gasteiger partial charge in [-0.25, -0.2) is 4.79 Å². The highest BCUT2D eigenvalue weighted by Gasteiger charge is 2.39. The molecule has 0 radical (unpaired) electrons. The number of imide groups is 1. The molecule has 0 aromatic carbocycles. The van der Waals surface area contributed by atoms with Gasteiger partial charge in [0.1, 0.15) is 12.6 Å². The molecule has 2 N–H and O–H groups in total. The van der Waals surface area contributed by atoms with E-state index in [0.29, 0.717) is 24.2 Å². The molecule has 0 aromatic rings. The summed E-state index contributed by atoms with van der Waals surface area (Å²) in [4.78, 5) is 37.5. The average Bonchev–Trinajstić information content (AvgIpc) is 2.71. The molecule has 6 heteroatoms. The van der Waals surface area contributed by atoms with Gasteiger partial charge in [-0.2, -0.15) is 0 Å². The van der Waals surface area contributed by atoms with Gasteiger partial charge in [-0.15, -0.1) is 0 Å². The second-order valence-corrected chi connectivity index (χ2v) is 7.50. The summed E-state index contributed by atoms with van der Waals surface area (Å²) in [5.41, 5.74) is 0. The van der Waals surface area contributed by atoms with Gasteiger partial charge >= 0.3 is 6.03 Å². The summed E-state index contributed by atoms with van der Waals surface area (Å²) in [5, 5.41) is 5.68. The maximum atomic E-state index is 12.3. The van der Waals surface area contributed by atoms with Crippen LogP contribution < -0.4 is 10.6 Å². The zero-order valence-electron chi connectivity index (χ0n) is 14.6. The molecule has 0 aromatic heterocycles. The van der Waals surface area contributed by atoms with Crippen molar-refractivity contribution in [2.75, 3.05) is 6.54 Å². The fourth-order valence-corrected chi connectivity index (χ4v) is 3.54. The van der Waals surface area contributed by atoms with Crippen molar-refractivity contribution < 1.29 is 14.4 Å². The third-order valence-electron chi connectivity index (χ3n) is 5.17. The minimum atomic E-state index is -0.496. The molecule has 1 saturated heterocycles. The molecule has 0 bridgehead atoms. The lowest BCUT2D eigenvalue weighted by molar-refractivity contribution is -0.133. The largest absolute Gasteiger partial charge is 0.352 e. The molecule has 130 valence electrons. The van der Waals surface area contributed by atoms with E-state index in [1.54, 1.807) is 0 Å². The molecule has 2 fully saturated rings. The van der Waals surface area contributed by atoms with Crippen molar-refractivity contribution in [2.24, 2.45) is 17.8 Å². The predicted molar refractivity (Wildman–Crippen MR) is 87.6 cm³/mol. The lowest BCUT2D eigenvalue weighted by Crippen LogP contribution is -2.48. The van der Waals surface area contributed by atoms with Crippen LogP contribution in [0.2, 0.25) is 0 Å². The first-order valence-electron chi connectivity index (χ1n) is 8.70. The van der Waals surface area contributed by atoms with Gasteiger partial charge in [-0.1, -0.05) is 40.5 Å². The number of rotatable bonds is 5. The summed E-state index contributed by atoms with van der Waals surface area (Å²) in [7, 11) is 0. The molecular formula is C17H29N3O3. The van der Waals surface area contributed by atoms with Crippen molar-refractivity contribution in [1.82, 2.24) is 15.5 Å². The van der Waals surface area contributed by atoms with E-state index in [2.05, 4.69) is 24.5 Å². The van der Waals surface area contributed by atoms with Crippen LogP contribution in [0, 0.1) is 17.8 Å². The Morgan fingerprint density at radius 1 is 1.30 bits per heavy atom. The number of amides is 4. The van der Waals surface area contributed by atoms with E-state index in [9.17, 15) is 14.4 Å². The maximum Gasteiger partial charge on any atom is 0.325 e. The van der Waals surface area contributed by atoms with Crippen molar-refractivity contribution in [3.63, 3.8) is 0 Å². The highest BCUT2D eigenvalue weighted by atomic mass is 16.2. The van der Waals surface area contributed by atoms with E-state index in [0.717, 1.165) is 17.7 Å². The molecule has 1 aliphatic heterocycles. The first kappa shape index (κ1) is 17.8. The molecule has 0 spiro atoms. The van der Waals surface area contributed by atoms with Gasteiger partial charge in [0.15, 0.2) is 0 Å². The van der Waals surface area contributed by atoms with E-state index in [1.165, 1.54) is 6.42 Å². The van der Waals surface area contributed by atoms with Gasteiger partial charge in [-0.05, 0) is 30.6 Å². The summed E-state index contributed by atoms with van der Waals surface area (Å²) in [5.74, 6) is 0.779. The Morgan fingerprint density at radius 3 is 2.65 bits per heavy atom. The molecule has 1 saturated carbocycles. The molecule has 2 rings (SSSR count). The standard InChI is InChI=1S/C17H29N3O3/c1-10(2)8-14-16(22)20(17(23)19-14)9-15(21)18-13-7-5-6-11(3)12(13)4/h10-14H,5-9H2,1-4H3,(H,18,21)(H,19,23)/t11-,12-,13-,14+/m1/s1. The zero-order chi connectivity index (χ0) is 17.1. The second kappa shape index (κ2) is 7.32. The maximum absolute atomic E-state index is 12.3. The molecular weight excluding hydrogens is 294 g/mol. The molecule has 4 amide bonds. The van der Waals surface area contributed by atoms with Gasteiger partial charge in [0.05, 0.1) is 0 Å². The summed E-state index contributed by atoms with van der Waals surface area (Å²) in [6, 6.07) is -0.816. The number of carbonyl (C=O) groups is 3. The molecule has 2 aliphatic rings. The minimum absolute atomic E-state index is 0.137. The average molecular weight is 323 g/mol. The van der Waals surface area contributed by atoms with Crippen LogP contribution in [0.25, 0.3) is 0 Å². The first-order chi connectivity index (χ1) is 10.8. The third-order valence-corrected chi connectivity index (χ3v) is 5.17. The second-order valence-electron chi connectivity index (χ2n) is 7.50. The highest BCUT2D eigenvalue weighted by molar-refractivity contribution is 6.06. The van der Waals surface area contributed by atoms with Crippen LogP contribution in [0.4, 0.5) is 4.79 Å². The highest BCUT2D eigenvalue weighted by Crippen LogP contribution is 2.29. The van der Waals surface area contributed by atoms with Crippen LogP contribution in [-0.4, -0.2) is 41.4 Å². The Morgan fingerprint density at radius 2 is 2.00 bits per heavy atom. The quantitative estimate of drug-likeness (QED) is 0.758. The summed E-state index contributed by atoms with van der Waals surface area (Å²) in [6.45, 7) is 8.18. The Bertz CT molecular complexity index is 478. The Kier molecular flexibility index (Phi) is 5.65. The Hall–Kier alpha value is -1.59. The SMILES string of the molecule is CC(C)C[C@@H]1NC(=O)N(CC(=O)N[C@@H]2CCC[C@@H](C)[C@H]2C)C1=O. The summed E-state index contributed by atoms with van der Waals surface area (Å²) in [6.07, 6.45) is 3.86. The molecule has 1 heterocycles. The van der Waals surface area contributed by atoms with Crippen molar-refractivity contribution in [2.45, 2.75) is 65.5 Å². The lowest BCUT2D eigenvalue weighted by atomic mass is 9.78. The fourth-order valence-electron chi connectivity index (χ4n) is 3.54. The van der Waals surface area contributed by atoms with Crippen LogP contribution >= 0.6 is 0 Å². The van der Waals surface area contributed by atoms with Gasteiger partial charge in [0.2, 0.25) is 5.91 Å². The van der Waals surface area contributed by atoms with E-state index in [-0.39, 0.29) is 24.4 Å². The number of urea groups is 1.